The molecule has 0 spiro atoms. The third-order valence-electron chi connectivity index (χ3n) is 5.54. The zero-order valence-corrected chi connectivity index (χ0v) is 13.9. The number of fused-ring (bicyclic) bond motifs is 2. The van der Waals surface area contributed by atoms with Crippen molar-refractivity contribution in [3.05, 3.63) is 71.5 Å². The highest BCUT2D eigenvalue weighted by atomic mass is 16.5. The topological polar surface area (TPSA) is 13.7 Å². The molecule has 1 fully saturated rings. The van der Waals surface area contributed by atoms with E-state index in [-0.39, 0.29) is 0 Å². The standard InChI is InChI=1S/C21H25NO/c1-16-9-10-18-12-20(16)21(23-15-18)19-8-5-11-22(14-19)13-17-6-3-2-4-7-17/h2-9,11,18,20-21H,10,12-15H2,1H3/p+1. The van der Waals surface area contributed by atoms with Gasteiger partial charge >= 0.3 is 0 Å². The van der Waals surface area contributed by atoms with E-state index < -0.39 is 0 Å². The molecule has 2 heterocycles. The Hall–Kier alpha value is -1.64. The summed E-state index contributed by atoms with van der Waals surface area (Å²) in [5, 5.41) is 0. The van der Waals surface area contributed by atoms with Crippen molar-refractivity contribution in [2.24, 2.45) is 11.8 Å². The third kappa shape index (κ3) is 3.19. The molecule has 23 heavy (non-hydrogen) atoms. The predicted octanol–water partition coefficient (Wildman–Crippen LogP) is 2.90. The lowest BCUT2D eigenvalue weighted by atomic mass is 9.75. The van der Waals surface area contributed by atoms with Crippen molar-refractivity contribution in [1.82, 2.24) is 0 Å². The minimum Gasteiger partial charge on any atom is -0.373 e. The van der Waals surface area contributed by atoms with E-state index in [9.17, 15) is 0 Å². The van der Waals surface area contributed by atoms with Crippen molar-refractivity contribution in [2.75, 3.05) is 13.2 Å². The van der Waals surface area contributed by atoms with Crippen molar-refractivity contribution in [1.29, 1.82) is 0 Å². The summed E-state index contributed by atoms with van der Waals surface area (Å²) in [6.07, 6.45) is 12.0. The molecule has 4 atom stereocenters. The van der Waals surface area contributed by atoms with Gasteiger partial charge in [-0.15, -0.1) is 0 Å². The molecule has 1 N–H and O–H groups in total. The molecule has 1 saturated heterocycles. The highest BCUT2D eigenvalue weighted by Crippen LogP contribution is 2.39. The van der Waals surface area contributed by atoms with E-state index in [2.05, 4.69) is 61.7 Å². The number of allylic oxidation sites excluding steroid dienone is 3. The summed E-state index contributed by atoms with van der Waals surface area (Å²) in [5.41, 5.74) is 4.40. The zero-order chi connectivity index (χ0) is 15.6. The number of hydrogen-bond donors (Lipinski definition) is 1. The molecule has 0 radical (unpaired) electrons. The van der Waals surface area contributed by atoms with Crippen molar-refractivity contribution < 1.29 is 9.64 Å². The molecule has 4 unspecified atom stereocenters. The van der Waals surface area contributed by atoms with Gasteiger partial charge in [0, 0.05) is 17.1 Å². The molecule has 0 saturated carbocycles. The lowest BCUT2D eigenvalue weighted by Crippen LogP contribution is -3.06. The maximum Gasteiger partial charge on any atom is 0.107 e. The summed E-state index contributed by atoms with van der Waals surface area (Å²) >= 11 is 0. The lowest BCUT2D eigenvalue weighted by Gasteiger charge is -2.41. The van der Waals surface area contributed by atoms with Gasteiger partial charge in [0.25, 0.3) is 0 Å². The van der Waals surface area contributed by atoms with Gasteiger partial charge in [-0.1, -0.05) is 42.0 Å². The second-order valence-corrected chi connectivity index (χ2v) is 7.24. The summed E-state index contributed by atoms with van der Waals surface area (Å²) in [5.74, 6) is 1.34. The van der Waals surface area contributed by atoms with Gasteiger partial charge in [0.15, 0.2) is 0 Å². The molecule has 0 amide bonds. The third-order valence-corrected chi connectivity index (χ3v) is 5.54. The summed E-state index contributed by atoms with van der Waals surface area (Å²) in [6.45, 7) is 5.32. The van der Waals surface area contributed by atoms with Crippen LogP contribution in [0.4, 0.5) is 0 Å². The van der Waals surface area contributed by atoms with Gasteiger partial charge < -0.3 is 9.64 Å². The number of ether oxygens (including phenoxy) is 1. The molecular weight excluding hydrogens is 282 g/mol. The van der Waals surface area contributed by atoms with Crippen LogP contribution in [0, 0.1) is 11.8 Å². The van der Waals surface area contributed by atoms with E-state index in [1.807, 2.05) is 0 Å². The van der Waals surface area contributed by atoms with E-state index >= 15 is 0 Å². The van der Waals surface area contributed by atoms with Crippen molar-refractivity contribution in [3.8, 4) is 0 Å². The number of hydrogen-bond acceptors (Lipinski definition) is 1. The Bertz CT molecular complexity index is 643. The van der Waals surface area contributed by atoms with Gasteiger partial charge in [0.2, 0.25) is 0 Å². The number of quaternary nitrogens is 1. The second-order valence-electron chi connectivity index (χ2n) is 7.24. The molecule has 4 rings (SSSR count). The van der Waals surface area contributed by atoms with Gasteiger partial charge in [-0.05, 0) is 37.8 Å². The first-order valence-electron chi connectivity index (χ1n) is 8.83. The molecule has 120 valence electrons. The quantitative estimate of drug-likeness (QED) is 0.848. The van der Waals surface area contributed by atoms with Crippen molar-refractivity contribution >= 4 is 0 Å². The van der Waals surface area contributed by atoms with Gasteiger partial charge in [-0.2, -0.15) is 0 Å². The van der Waals surface area contributed by atoms with E-state index in [1.165, 1.54) is 34.5 Å². The Balaban J connectivity index is 1.47. The van der Waals surface area contributed by atoms with E-state index in [0.29, 0.717) is 12.0 Å². The predicted molar refractivity (Wildman–Crippen MR) is 92.9 cm³/mol. The van der Waals surface area contributed by atoms with E-state index in [4.69, 9.17) is 4.74 Å². The van der Waals surface area contributed by atoms with Gasteiger partial charge in [0.05, 0.1) is 18.9 Å². The summed E-state index contributed by atoms with van der Waals surface area (Å²) in [4.78, 5) is 1.50. The smallest absolute Gasteiger partial charge is 0.107 e. The highest BCUT2D eigenvalue weighted by molar-refractivity contribution is 5.25. The van der Waals surface area contributed by atoms with Crippen LogP contribution in [0.25, 0.3) is 0 Å². The molecule has 2 heteroatoms. The molecule has 2 aliphatic heterocycles. The van der Waals surface area contributed by atoms with Crippen LogP contribution >= 0.6 is 0 Å². The summed E-state index contributed by atoms with van der Waals surface area (Å²) in [6, 6.07) is 10.8. The first-order chi connectivity index (χ1) is 11.3. The van der Waals surface area contributed by atoms with Crippen LogP contribution in [0.1, 0.15) is 25.3 Å². The first kappa shape index (κ1) is 14.9. The Labute approximate surface area is 139 Å². The monoisotopic (exact) mass is 308 g/mol. The number of nitrogens with one attached hydrogen (secondary N) is 1. The van der Waals surface area contributed by atoms with E-state index in [0.717, 1.165) is 25.6 Å². The SMILES string of the molecule is CC1=CCC2COC(C3=CC=C[NH+](Cc4ccccc4)C3)C1C2. The molecule has 2 nitrogen and oxygen atoms in total. The fourth-order valence-corrected chi connectivity index (χ4v) is 4.23. The van der Waals surface area contributed by atoms with E-state index in [1.54, 1.807) is 0 Å². The minimum absolute atomic E-state index is 0.290. The van der Waals surface area contributed by atoms with Crippen LogP contribution < -0.4 is 4.90 Å². The normalized spacial score (nSPS) is 33.1. The van der Waals surface area contributed by atoms with Crippen molar-refractivity contribution in [3.63, 3.8) is 0 Å². The summed E-state index contributed by atoms with van der Waals surface area (Å²) < 4.78 is 6.30. The van der Waals surface area contributed by atoms with Crippen LogP contribution in [0.3, 0.4) is 0 Å². The van der Waals surface area contributed by atoms with Crippen LogP contribution in [0.5, 0.6) is 0 Å². The Kier molecular flexibility index (Phi) is 4.19. The average Bonchev–Trinajstić information content (AvgIpc) is 2.60. The van der Waals surface area contributed by atoms with Gasteiger partial charge in [0.1, 0.15) is 13.1 Å². The summed E-state index contributed by atoms with van der Waals surface area (Å²) in [7, 11) is 0. The van der Waals surface area contributed by atoms with Crippen LogP contribution in [0.15, 0.2) is 65.9 Å². The largest absolute Gasteiger partial charge is 0.373 e. The fourth-order valence-electron chi connectivity index (χ4n) is 4.23. The molecule has 0 aromatic heterocycles. The first-order valence-corrected chi connectivity index (χ1v) is 8.83. The highest BCUT2D eigenvalue weighted by Gasteiger charge is 2.37. The van der Waals surface area contributed by atoms with Gasteiger partial charge in [-0.25, -0.2) is 0 Å². The minimum atomic E-state index is 0.290. The van der Waals surface area contributed by atoms with Crippen LogP contribution in [0.2, 0.25) is 0 Å². The lowest BCUT2D eigenvalue weighted by molar-refractivity contribution is -0.857. The van der Waals surface area contributed by atoms with Crippen LogP contribution in [-0.4, -0.2) is 19.3 Å². The molecule has 3 aliphatic rings. The molecule has 1 aliphatic carbocycles. The van der Waals surface area contributed by atoms with Crippen molar-refractivity contribution in [2.45, 2.75) is 32.4 Å². The maximum atomic E-state index is 6.30. The molecule has 1 aromatic rings. The molecule has 2 bridgehead atoms. The Morgan fingerprint density at radius 2 is 2.09 bits per heavy atom. The zero-order valence-electron chi connectivity index (χ0n) is 13.9. The molecule has 1 aromatic carbocycles. The average molecular weight is 308 g/mol. The maximum absolute atomic E-state index is 6.30. The number of rotatable bonds is 3. The molecular formula is C21H26NO+. The number of benzene rings is 1. The fraction of sp³-hybridized carbons (Fsp3) is 0.429. The Morgan fingerprint density at radius 1 is 1.22 bits per heavy atom. The van der Waals surface area contributed by atoms with Crippen LogP contribution in [-0.2, 0) is 11.3 Å². The second kappa shape index (κ2) is 6.46. The Morgan fingerprint density at radius 3 is 2.96 bits per heavy atom. The van der Waals surface area contributed by atoms with Gasteiger partial charge in [-0.3, -0.25) is 0 Å².